The highest BCUT2D eigenvalue weighted by atomic mass is 32.2. The number of ether oxygens (including phenoxy) is 1. The van der Waals surface area contributed by atoms with Gasteiger partial charge in [0.05, 0.1) is 17.2 Å². The number of piperidine rings is 1. The van der Waals surface area contributed by atoms with Crippen LogP contribution >= 0.6 is 0 Å². The van der Waals surface area contributed by atoms with Gasteiger partial charge in [-0.2, -0.15) is 4.31 Å². The number of imide groups is 1. The van der Waals surface area contributed by atoms with Gasteiger partial charge in [0.25, 0.3) is 5.91 Å². The van der Waals surface area contributed by atoms with E-state index in [-0.39, 0.29) is 29.4 Å². The van der Waals surface area contributed by atoms with E-state index >= 15 is 0 Å². The number of nitrogens with zero attached hydrogens (tertiary/aromatic N) is 3. The number of carbonyl (C=O) groups is 2. The van der Waals surface area contributed by atoms with Crippen LogP contribution in [0, 0.1) is 0 Å². The van der Waals surface area contributed by atoms with Crippen LogP contribution in [-0.4, -0.2) is 61.8 Å². The fraction of sp³-hybridized carbons (Fsp3) is 0.364. The highest BCUT2D eigenvalue weighted by molar-refractivity contribution is 7.89. The van der Waals surface area contributed by atoms with E-state index < -0.39 is 10.0 Å². The normalized spacial score (nSPS) is 18.6. The molecule has 0 radical (unpaired) electrons. The lowest BCUT2D eigenvalue weighted by atomic mass is 10.1. The van der Waals surface area contributed by atoms with Crippen molar-refractivity contribution in [2.75, 3.05) is 31.1 Å². The van der Waals surface area contributed by atoms with Gasteiger partial charge < -0.3 is 9.64 Å². The van der Waals surface area contributed by atoms with E-state index in [0.717, 1.165) is 0 Å². The Morgan fingerprint density at radius 1 is 0.968 bits per heavy atom. The first-order chi connectivity index (χ1) is 14.9. The van der Waals surface area contributed by atoms with E-state index in [9.17, 15) is 18.0 Å². The maximum Gasteiger partial charge on any atom is 0.332 e. The van der Waals surface area contributed by atoms with Crippen LogP contribution in [0.2, 0.25) is 0 Å². The van der Waals surface area contributed by atoms with Crippen LogP contribution in [-0.2, 0) is 14.8 Å². The number of amides is 3. The summed E-state index contributed by atoms with van der Waals surface area (Å²) in [6.07, 6.45) is 0.968. The molecule has 2 aromatic rings. The van der Waals surface area contributed by atoms with Crippen LogP contribution in [0.5, 0.6) is 5.75 Å². The Labute approximate surface area is 182 Å². The van der Waals surface area contributed by atoms with E-state index in [4.69, 9.17) is 4.74 Å². The van der Waals surface area contributed by atoms with Crippen LogP contribution in [0.4, 0.5) is 10.5 Å². The molecule has 2 saturated heterocycles. The molecule has 31 heavy (non-hydrogen) atoms. The number of anilines is 1. The Hall–Kier alpha value is -2.91. The minimum absolute atomic E-state index is 0.0179. The smallest absolute Gasteiger partial charge is 0.332 e. The number of urea groups is 1. The highest BCUT2D eigenvalue weighted by Gasteiger charge is 2.42. The van der Waals surface area contributed by atoms with E-state index in [1.807, 2.05) is 13.0 Å². The molecule has 164 valence electrons. The molecule has 0 aliphatic carbocycles. The summed E-state index contributed by atoms with van der Waals surface area (Å²) < 4.78 is 32.8. The van der Waals surface area contributed by atoms with Crippen molar-refractivity contribution >= 4 is 27.6 Å². The molecule has 0 atom stereocenters. The number of rotatable bonds is 6. The first-order valence-electron chi connectivity index (χ1n) is 10.3. The zero-order chi connectivity index (χ0) is 22.0. The van der Waals surface area contributed by atoms with Crippen molar-refractivity contribution in [3.8, 4) is 5.75 Å². The third kappa shape index (κ3) is 4.15. The Balaban J connectivity index is 1.41. The van der Waals surface area contributed by atoms with Crippen molar-refractivity contribution in [2.45, 2.75) is 30.7 Å². The molecule has 0 saturated carbocycles. The molecule has 0 aromatic heterocycles. The zero-order valence-corrected chi connectivity index (χ0v) is 18.1. The fourth-order valence-electron chi connectivity index (χ4n) is 4.05. The van der Waals surface area contributed by atoms with E-state index in [1.54, 1.807) is 53.4 Å². The first-order valence-corrected chi connectivity index (χ1v) is 11.8. The van der Waals surface area contributed by atoms with Crippen LogP contribution in [0.25, 0.3) is 0 Å². The molecule has 2 aromatic carbocycles. The van der Waals surface area contributed by atoms with Crippen molar-refractivity contribution in [2.24, 2.45) is 0 Å². The number of sulfonamides is 1. The predicted molar refractivity (Wildman–Crippen MR) is 115 cm³/mol. The van der Waals surface area contributed by atoms with Gasteiger partial charge in [0.1, 0.15) is 12.3 Å². The Morgan fingerprint density at radius 2 is 1.61 bits per heavy atom. The molecule has 4 rings (SSSR count). The summed E-state index contributed by atoms with van der Waals surface area (Å²) in [7, 11) is -3.62. The summed E-state index contributed by atoms with van der Waals surface area (Å²) in [6, 6.07) is 14.7. The van der Waals surface area contributed by atoms with Crippen molar-refractivity contribution in [1.82, 2.24) is 9.21 Å². The number of benzene rings is 2. The van der Waals surface area contributed by atoms with Gasteiger partial charge in [0.15, 0.2) is 0 Å². The average Bonchev–Trinajstić information content (AvgIpc) is 3.09. The maximum absolute atomic E-state index is 13.0. The number of para-hydroxylation sites is 1. The summed E-state index contributed by atoms with van der Waals surface area (Å²) in [6.45, 7) is 2.99. The standard InChI is InChI=1S/C22H25N3O5S/c1-2-30-19-8-10-20(11-9-19)31(28,29)23-14-12-17(13-15-23)24-16-21(26)25(22(24)27)18-6-4-3-5-7-18/h3-11,17H,2,12-16H2,1H3. The average molecular weight is 444 g/mol. The first kappa shape index (κ1) is 21.3. The van der Waals surface area contributed by atoms with Crippen LogP contribution in [0.1, 0.15) is 19.8 Å². The van der Waals surface area contributed by atoms with Gasteiger partial charge in [-0.25, -0.2) is 18.1 Å². The molecule has 0 N–H and O–H groups in total. The van der Waals surface area contributed by atoms with Gasteiger partial charge in [-0.05, 0) is 56.2 Å². The van der Waals surface area contributed by atoms with Crippen molar-refractivity contribution in [1.29, 1.82) is 0 Å². The van der Waals surface area contributed by atoms with Crippen LogP contribution < -0.4 is 9.64 Å². The minimum Gasteiger partial charge on any atom is -0.494 e. The number of hydrogen-bond donors (Lipinski definition) is 0. The van der Waals surface area contributed by atoms with Gasteiger partial charge in [0.2, 0.25) is 10.0 Å². The van der Waals surface area contributed by atoms with Gasteiger partial charge in [-0.1, -0.05) is 18.2 Å². The van der Waals surface area contributed by atoms with Gasteiger partial charge in [0, 0.05) is 19.1 Å². The van der Waals surface area contributed by atoms with E-state index in [1.165, 1.54) is 9.21 Å². The largest absolute Gasteiger partial charge is 0.494 e. The lowest BCUT2D eigenvalue weighted by Crippen LogP contribution is -2.48. The topological polar surface area (TPSA) is 87.2 Å². The Bertz CT molecular complexity index is 1050. The van der Waals surface area contributed by atoms with Crippen LogP contribution in [0.3, 0.4) is 0 Å². The van der Waals surface area contributed by atoms with Crippen molar-refractivity contribution < 1.29 is 22.7 Å². The molecule has 8 nitrogen and oxygen atoms in total. The lowest BCUT2D eigenvalue weighted by Gasteiger charge is -2.35. The summed E-state index contributed by atoms with van der Waals surface area (Å²) in [4.78, 5) is 28.3. The van der Waals surface area contributed by atoms with Gasteiger partial charge in [-0.15, -0.1) is 0 Å². The molecule has 2 aliphatic rings. The highest BCUT2D eigenvalue weighted by Crippen LogP contribution is 2.28. The maximum atomic E-state index is 13.0. The summed E-state index contributed by atoms with van der Waals surface area (Å²) >= 11 is 0. The molecule has 0 spiro atoms. The molecule has 2 heterocycles. The minimum atomic E-state index is -3.62. The predicted octanol–water partition coefficient (Wildman–Crippen LogP) is 2.71. The summed E-state index contributed by atoms with van der Waals surface area (Å²) in [5.41, 5.74) is 0.551. The molecule has 9 heteroatoms. The third-order valence-corrected chi connectivity index (χ3v) is 7.56. The van der Waals surface area contributed by atoms with Crippen LogP contribution in [0.15, 0.2) is 59.5 Å². The SMILES string of the molecule is CCOc1ccc(S(=O)(=O)N2CCC(N3CC(=O)N(c4ccccc4)C3=O)CC2)cc1. The second-order valence-electron chi connectivity index (χ2n) is 7.51. The van der Waals surface area contributed by atoms with E-state index in [2.05, 4.69) is 0 Å². The molecule has 0 bridgehead atoms. The van der Waals surface area contributed by atoms with Crippen molar-refractivity contribution in [3.05, 3.63) is 54.6 Å². The Morgan fingerprint density at radius 3 is 2.23 bits per heavy atom. The quantitative estimate of drug-likeness (QED) is 0.641. The van der Waals surface area contributed by atoms with Gasteiger partial charge in [-0.3, -0.25) is 4.79 Å². The molecular weight excluding hydrogens is 418 g/mol. The fourth-order valence-corrected chi connectivity index (χ4v) is 5.52. The zero-order valence-electron chi connectivity index (χ0n) is 17.3. The van der Waals surface area contributed by atoms with Gasteiger partial charge >= 0.3 is 6.03 Å². The molecule has 0 unspecified atom stereocenters. The number of hydrogen-bond acceptors (Lipinski definition) is 5. The number of carbonyl (C=O) groups excluding carboxylic acids is 2. The van der Waals surface area contributed by atoms with E-state index in [0.29, 0.717) is 44.0 Å². The molecule has 2 fully saturated rings. The molecular formula is C22H25N3O5S. The summed E-state index contributed by atoms with van der Waals surface area (Å²) in [5.74, 6) is 0.362. The Kier molecular flexibility index (Phi) is 5.97. The second-order valence-corrected chi connectivity index (χ2v) is 9.45. The molecule has 3 amide bonds. The monoisotopic (exact) mass is 443 g/mol. The lowest BCUT2D eigenvalue weighted by molar-refractivity contribution is -0.116. The third-order valence-electron chi connectivity index (χ3n) is 5.64. The second kappa shape index (κ2) is 8.68. The van der Waals surface area contributed by atoms with Crippen molar-refractivity contribution in [3.63, 3.8) is 0 Å². The summed E-state index contributed by atoms with van der Waals surface area (Å²) in [5, 5.41) is 0. The molecule has 2 aliphatic heterocycles.